The number of aliphatic hydroxyl groups is 1. The number of benzene rings is 3. The second-order valence-corrected chi connectivity index (χ2v) is 11.6. The monoisotopic (exact) mass is 573 g/mol. The maximum Gasteiger partial charge on any atom is 0.296 e. The number of carbonyl (C=O) groups excluding carboxylic acids is 2. The van der Waals surface area contributed by atoms with Crippen LogP contribution in [-0.4, -0.2) is 27.0 Å². The van der Waals surface area contributed by atoms with E-state index in [9.17, 15) is 14.7 Å². The number of halogens is 1. The number of thioether (sulfide) groups is 1. The third kappa shape index (κ3) is 4.85. The lowest BCUT2D eigenvalue weighted by Gasteiger charge is -2.23. The number of hydrogen-bond acceptors (Lipinski definition) is 8. The first-order valence-corrected chi connectivity index (χ1v) is 14.1. The molecule has 1 unspecified atom stereocenters. The minimum atomic E-state index is -0.902. The normalized spacial score (nSPS) is 15.5. The molecule has 7 nitrogen and oxygen atoms in total. The first-order valence-electron chi connectivity index (χ1n) is 12.0. The van der Waals surface area contributed by atoms with E-state index in [1.807, 2.05) is 73.7 Å². The Labute approximate surface area is 236 Å². The maximum absolute atomic E-state index is 13.8. The number of carbonyl (C=O) groups is 2. The molecule has 194 valence electrons. The fraction of sp³-hybridized carbons (Fsp3) is 0.103. The molecule has 1 amide bonds. The summed E-state index contributed by atoms with van der Waals surface area (Å²) < 4.78 is 6.44. The van der Waals surface area contributed by atoms with Gasteiger partial charge in [-0.3, -0.25) is 14.5 Å². The highest BCUT2D eigenvalue weighted by molar-refractivity contribution is 8.00. The van der Waals surface area contributed by atoms with E-state index in [2.05, 4.69) is 10.2 Å². The minimum Gasteiger partial charge on any atom is -0.503 e. The van der Waals surface area contributed by atoms with Gasteiger partial charge in [-0.15, -0.1) is 10.2 Å². The molecule has 1 atom stereocenters. The Morgan fingerprint density at radius 3 is 2.56 bits per heavy atom. The zero-order chi connectivity index (χ0) is 27.1. The van der Waals surface area contributed by atoms with Crippen LogP contribution >= 0.6 is 34.7 Å². The molecule has 3 aromatic carbocycles. The van der Waals surface area contributed by atoms with Crippen LogP contribution in [0.25, 0.3) is 11.0 Å². The van der Waals surface area contributed by atoms with E-state index < -0.39 is 23.5 Å². The van der Waals surface area contributed by atoms with Gasteiger partial charge in [-0.1, -0.05) is 94.9 Å². The standard InChI is InChI=1S/C29H20ClN3O4S2/c1-16-6-10-18(11-7-16)24-23(25(34)22-14-19-4-2-3-5-21(19)37-22)26(35)27(36)33(24)28-31-32-29(39-28)38-15-17-8-12-20(30)13-9-17/h2-14,24,35H,15H2,1H3. The fourth-order valence-electron chi connectivity index (χ4n) is 4.41. The molecule has 1 aliphatic heterocycles. The fourth-order valence-corrected chi connectivity index (χ4v) is 6.36. The molecule has 0 spiro atoms. The Bertz CT molecular complexity index is 1710. The highest BCUT2D eigenvalue weighted by Crippen LogP contribution is 2.44. The quantitative estimate of drug-likeness (QED) is 0.124. The third-order valence-corrected chi connectivity index (χ3v) is 8.75. The Morgan fingerprint density at radius 2 is 1.82 bits per heavy atom. The molecule has 5 aromatic rings. The largest absolute Gasteiger partial charge is 0.503 e. The van der Waals surface area contributed by atoms with Crippen LogP contribution in [0.5, 0.6) is 0 Å². The molecule has 2 aromatic heterocycles. The first kappa shape index (κ1) is 25.4. The number of nitrogens with zero attached hydrogens (tertiary/aromatic N) is 3. The lowest BCUT2D eigenvalue weighted by molar-refractivity contribution is -0.117. The Hall–Kier alpha value is -3.92. The van der Waals surface area contributed by atoms with Crippen molar-refractivity contribution >= 4 is 62.5 Å². The topological polar surface area (TPSA) is 96.5 Å². The SMILES string of the molecule is Cc1ccc(C2C(C(=O)c3cc4ccccc4o3)=C(O)C(=O)N2c2nnc(SCc3ccc(Cl)cc3)s2)cc1. The van der Waals surface area contributed by atoms with Crippen LogP contribution in [0, 0.1) is 6.92 Å². The summed E-state index contributed by atoms with van der Waals surface area (Å²) in [6.45, 7) is 1.95. The molecule has 0 fully saturated rings. The Kier molecular flexibility index (Phi) is 6.72. The average Bonchev–Trinajstić information content (AvgIpc) is 3.65. The molecular formula is C29H20ClN3O4S2. The van der Waals surface area contributed by atoms with Gasteiger partial charge in [-0.05, 0) is 42.3 Å². The number of ketones is 1. The lowest BCUT2D eigenvalue weighted by atomic mass is 9.94. The summed E-state index contributed by atoms with van der Waals surface area (Å²) in [5.74, 6) is -1.23. The summed E-state index contributed by atoms with van der Waals surface area (Å²) in [4.78, 5) is 28.5. The smallest absolute Gasteiger partial charge is 0.296 e. The van der Waals surface area contributed by atoms with Crippen molar-refractivity contribution in [2.24, 2.45) is 0 Å². The van der Waals surface area contributed by atoms with Gasteiger partial charge in [-0.25, -0.2) is 0 Å². The van der Waals surface area contributed by atoms with Gasteiger partial charge in [0.2, 0.25) is 10.9 Å². The van der Waals surface area contributed by atoms with Crippen LogP contribution in [0.2, 0.25) is 5.02 Å². The summed E-state index contributed by atoms with van der Waals surface area (Å²) in [7, 11) is 0. The van der Waals surface area contributed by atoms with Gasteiger partial charge < -0.3 is 9.52 Å². The van der Waals surface area contributed by atoms with Gasteiger partial charge in [-0.2, -0.15) is 0 Å². The second kappa shape index (κ2) is 10.3. The number of aryl methyl sites for hydroxylation is 1. The summed E-state index contributed by atoms with van der Waals surface area (Å²) >= 11 is 8.67. The van der Waals surface area contributed by atoms with Crippen molar-refractivity contribution in [2.75, 3.05) is 4.90 Å². The van der Waals surface area contributed by atoms with Gasteiger partial charge in [0.1, 0.15) is 5.58 Å². The van der Waals surface area contributed by atoms with E-state index in [-0.39, 0.29) is 16.5 Å². The molecule has 1 N–H and O–H groups in total. The number of anilines is 1. The molecule has 10 heteroatoms. The van der Waals surface area contributed by atoms with Gasteiger partial charge in [0, 0.05) is 16.2 Å². The van der Waals surface area contributed by atoms with Crippen LogP contribution in [-0.2, 0) is 10.5 Å². The number of aromatic nitrogens is 2. The highest BCUT2D eigenvalue weighted by atomic mass is 35.5. The van der Waals surface area contributed by atoms with Crippen molar-refractivity contribution in [3.05, 3.63) is 118 Å². The maximum atomic E-state index is 13.8. The zero-order valence-electron chi connectivity index (χ0n) is 20.5. The van der Waals surface area contributed by atoms with E-state index in [0.717, 1.165) is 16.5 Å². The van der Waals surface area contributed by atoms with Crippen molar-refractivity contribution in [2.45, 2.75) is 23.1 Å². The van der Waals surface area contributed by atoms with E-state index >= 15 is 0 Å². The third-order valence-electron chi connectivity index (χ3n) is 6.37. The number of hydrogen-bond donors (Lipinski definition) is 1. The minimum absolute atomic E-state index is 0.0426. The number of para-hydroxylation sites is 1. The van der Waals surface area contributed by atoms with E-state index in [4.69, 9.17) is 16.0 Å². The van der Waals surface area contributed by atoms with Crippen LogP contribution in [0.1, 0.15) is 33.3 Å². The number of fused-ring (bicyclic) bond motifs is 1. The van der Waals surface area contributed by atoms with Gasteiger partial charge >= 0.3 is 0 Å². The predicted molar refractivity (Wildman–Crippen MR) is 153 cm³/mol. The van der Waals surface area contributed by atoms with Crippen molar-refractivity contribution in [1.82, 2.24) is 10.2 Å². The molecule has 0 saturated heterocycles. The average molecular weight is 574 g/mol. The van der Waals surface area contributed by atoms with Gasteiger partial charge in [0.25, 0.3) is 5.91 Å². The number of aliphatic hydroxyl groups excluding tert-OH is 1. The van der Waals surface area contributed by atoms with E-state index in [0.29, 0.717) is 26.3 Å². The molecule has 0 aliphatic carbocycles. The second-order valence-electron chi connectivity index (χ2n) is 8.99. The molecule has 0 bridgehead atoms. The summed E-state index contributed by atoms with van der Waals surface area (Å²) in [6, 6.07) is 22.9. The highest BCUT2D eigenvalue weighted by Gasteiger charge is 2.46. The molecular weight excluding hydrogens is 554 g/mol. The molecule has 39 heavy (non-hydrogen) atoms. The first-order chi connectivity index (χ1) is 18.9. The van der Waals surface area contributed by atoms with E-state index in [1.165, 1.54) is 28.0 Å². The number of amides is 1. The van der Waals surface area contributed by atoms with Crippen LogP contribution < -0.4 is 4.90 Å². The summed E-state index contributed by atoms with van der Waals surface area (Å²) in [5.41, 5.74) is 3.22. The molecule has 1 aliphatic rings. The van der Waals surface area contributed by atoms with Crippen LogP contribution in [0.3, 0.4) is 0 Å². The summed E-state index contributed by atoms with van der Waals surface area (Å²) in [5, 5.41) is 21.2. The zero-order valence-corrected chi connectivity index (χ0v) is 22.9. The Balaban J connectivity index is 1.35. The van der Waals surface area contributed by atoms with Crippen LogP contribution in [0.4, 0.5) is 5.13 Å². The molecule has 3 heterocycles. The lowest BCUT2D eigenvalue weighted by Crippen LogP contribution is -2.31. The number of Topliss-reactive ketones (excluding diaryl/α,β-unsaturated/α-hetero) is 1. The number of furan rings is 1. The molecule has 0 radical (unpaired) electrons. The van der Waals surface area contributed by atoms with E-state index in [1.54, 1.807) is 12.1 Å². The predicted octanol–water partition coefficient (Wildman–Crippen LogP) is 7.32. The van der Waals surface area contributed by atoms with Gasteiger partial charge in [0.05, 0.1) is 11.6 Å². The molecule has 0 saturated carbocycles. The van der Waals surface area contributed by atoms with Gasteiger partial charge in [0.15, 0.2) is 15.9 Å². The van der Waals surface area contributed by atoms with Crippen molar-refractivity contribution in [1.29, 1.82) is 0 Å². The Morgan fingerprint density at radius 1 is 1.08 bits per heavy atom. The van der Waals surface area contributed by atoms with Crippen molar-refractivity contribution in [3.8, 4) is 0 Å². The summed E-state index contributed by atoms with van der Waals surface area (Å²) in [6.07, 6.45) is 0. The van der Waals surface area contributed by atoms with Crippen molar-refractivity contribution in [3.63, 3.8) is 0 Å². The van der Waals surface area contributed by atoms with Crippen LogP contribution in [0.15, 0.2) is 99.0 Å². The number of rotatable bonds is 7. The molecule has 6 rings (SSSR count). The van der Waals surface area contributed by atoms with Crippen molar-refractivity contribution < 1.29 is 19.1 Å².